The van der Waals surface area contributed by atoms with Gasteiger partial charge in [-0.1, -0.05) is 50.6 Å². The smallest absolute Gasteiger partial charge is 0.339 e. The van der Waals surface area contributed by atoms with Gasteiger partial charge in [-0.05, 0) is 63.0 Å². The molecule has 5 rings (SSSR count). The summed E-state index contributed by atoms with van der Waals surface area (Å²) in [6, 6.07) is 1.69. The average molecular weight is 553 g/mol. The molecule has 2 fully saturated rings. The van der Waals surface area contributed by atoms with Gasteiger partial charge in [-0.15, -0.1) is 0 Å². The van der Waals surface area contributed by atoms with Crippen LogP contribution in [0.2, 0.25) is 0 Å². The number of hydrogen-bond donors (Lipinski definition) is 1. The standard InChI is InChI=1S/C33H44O7/c1-7-27-21(4)13-14-33(40-27)18-24-17-23(39-33)12-11-20(3)15-19(2)9-8-10-25-28-26(31(35)37-24)16-22(5)29(34)30(28)38-32(25)36-6/h8-11,16,19,21,23-24,27,32,34H,7,12-15,17-18H2,1-6H3/b9-8+,20-11+,25-10?/t19-,21-,23+,24-,27+,32?,33+/m0/s1. The van der Waals surface area contributed by atoms with Gasteiger partial charge in [-0.3, -0.25) is 0 Å². The second kappa shape index (κ2) is 11.7. The second-order valence-corrected chi connectivity index (χ2v) is 12.2. The molecule has 0 aliphatic carbocycles. The summed E-state index contributed by atoms with van der Waals surface area (Å²) < 4.78 is 31.2. The normalized spacial score (nSPS) is 36.6. The van der Waals surface area contributed by atoms with Crippen molar-refractivity contribution >= 4 is 11.5 Å². The van der Waals surface area contributed by atoms with E-state index in [4.69, 9.17) is 23.7 Å². The van der Waals surface area contributed by atoms with Crippen molar-refractivity contribution in [1.29, 1.82) is 0 Å². The summed E-state index contributed by atoms with van der Waals surface area (Å²) in [7, 11) is 1.55. The van der Waals surface area contributed by atoms with Crippen molar-refractivity contribution in [2.45, 2.75) is 110 Å². The first-order valence-corrected chi connectivity index (χ1v) is 14.8. The Bertz CT molecular complexity index is 1210. The molecule has 2 bridgehead atoms. The lowest BCUT2D eigenvalue weighted by molar-refractivity contribution is -0.334. The summed E-state index contributed by atoms with van der Waals surface area (Å²) in [4.78, 5) is 13.9. The maximum atomic E-state index is 13.9. The van der Waals surface area contributed by atoms with Crippen LogP contribution >= 0.6 is 0 Å². The minimum atomic E-state index is -0.758. The number of allylic oxidation sites excluding steroid dienone is 4. The van der Waals surface area contributed by atoms with Crippen LogP contribution in [0.5, 0.6) is 11.5 Å². The average Bonchev–Trinajstić information content (AvgIpc) is 3.29. The third-order valence-corrected chi connectivity index (χ3v) is 8.84. The Morgan fingerprint density at radius 3 is 2.70 bits per heavy atom. The molecule has 7 heteroatoms. The maximum Gasteiger partial charge on any atom is 0.339 e. The summed E-state index contributed by atoms with van der Waals surface area (Å²) in [5.41, 5.74) is 3.40. The fourth-order valence-electron chi connectivity index (χ4n) is 6.68. The fraction of sp³-hybridized carbons (Fsp3) is 0.606. The lowest BCUT2D eigenvalue weighted by atomic mass is 9.85. The number of hydrogen-bond acceptors (Lipinski definition) is 7. The van der Waals surface area contributed by atoms with Crippen molar-refractivity contribution in [2.24, 2.45) is 11.8 Å². The van der Waals surface area contributed by atoms with Gasteiger partial charge in [0.25, 0.3) is 0 Å². The third-order valence-electron chi connectivity index (χ3n) is 8.84. The van der Waals surface area contributed by atoms with Gasteiger partial charge >= 0.3 is 5.97 Å². The highest BCUT2D eigenvalue weighted by Crippen LogP contribution is 2.48. The van der Waals surface area contributed by atoms with Crippen molar-refractivity contribution < 1.29 is 33.6 Å². The zero-order valence-electron chi connectivity index (χ0n) is 24.7. The van der Waals surface area contributed by atoms with Gasteiger partial charge in [0.05, 0.1) is 17.8 Å². The molecule has 1 unspecified atom stereocenters. The number of aryl methyl sites for hydroxylation is 1. The largest absolute Gasteiger partial charge is 0.504 e. The van der Waals surface area contributed by atoms with E-state index in [0.717, 1.165) is 32.1 Å². The molecule has 4 aliphatic heterocycles. The number of methoxy groups -OCH3 is 1. The van der Waals surface area contributed by atoms with Crippen molar-refractivity contribution in [2.75, 3.05) is 7.11 Å². The summed E-state index contributed by atoms with van der Waals surface area (Å²) in [6.07, 6.45) is 12.7. The molecule has 1 aromatic carbocycles. The van der Waals surface area contributed by atoms with Crippen LogP contribution in [-0.4, -0.2) is 48.6 Å². The number of esters is 1. The predicted octanol–water partition coefficient (Wildman–Crippen LogP) is 7.01. The Labute approximate surface area is 238 Å². The minimum Gasteiger partial charge on any atom is -0.504 e. The van der Waals surface area contributed by atoms with Gasteiger partial charge in [0.15, 0.2) is 17.3 Å². The van der Waals surface area contributed by atoms with E-state index in [0.29, 0.717) is 46.9 Å². The monoisotopic (exact) mass is 552 g/mol. The first-order chi connectivity index (χ1) is 19.1. The number of phenolic OH excluding ortho intramolecular Hbond substituents is 1. The number of ether oxygens (including phenoxy) is 5. The van der Waals surface area contributed by atoms with E-state index in [1.807, 2.05) is 12.2 Å². The van der Waals surface area contributed by atoms with E-state index in [1.54, 1.807) is 20.1 Å². The molecule has 2 saturated heterocycles. The Morgan fingerprint density at radius 2 is 1.95 bits per heavy atom. The fourth-order valence-corrected chi connectivity index (χ4v) is 6.68. The third kappa shape index (κ3) is 5.74. The van der Waals surface area contributed by atoms with Gasteiger partial charge < -0.3 is 28.8 Å². The Kier molecular flexibility index (Phi) is 8.46. The van der Waals surface area contributed by atoms with E-state index in [9.17, 15) is 9.90 Å². The number of carbonyl (C=O) groups is 1. The summed E-state index contributed by atoms with van der Waals surface area (Å²) in [6.45, 7) is 10.5. The Hall–Kier alpha value is -2.61. The van der Waals surface area contributed by atoms with E-state index < -0.39 is 18.0 Å². The lowest BCUT2D eigenvalue weighted by Gasteiger charge is -2.49. The molecule has 0 saturated carbocycles. The first kappa shape index (κ1) is 28.9. The van der Waals surface area contributed by atoms with Gasteiger partial charge in [0, 0.05) is 37.5 Å². The lowest BCUT2D eigenvalue weighted by Crippen LogP contribution is -2.54. The van der Waals surface area contributed by atoms with E-state index in [2.05, 4.69) is 39.8 Å². The van der Waals surface area contributed by atoms with Crippen LogP contribution < -0.4 is 4.74 Å². The number of benzene rings is 1. The van der Waals surface area contributed by atoms with Crippen molar-refractivity contribution in [3.8, 4) is 11.5 Å². The number of phenols is 1. The first-order valence-electron chi connectivity index (χ1n) is 14.8. The van der Waals surface area contributed by atoms with Gasteiger partial charge in [0.2, 0.25) is 6.29 Å². The van der Waals surface area contributed by atoms with Gasteiger partial charge in [0.1, 0.15) is 6.10 Å². The molecule has 1 aromatic rings. The van der Waals surface area contributed by atoms with Crippen molar-refractivity contribution in [3.63, 3.8) is 0 Å². The zero-order valence-corrected chi connectivity index (χ0v) is 24.7. The number of rotatable bonds is 2. The van der Waals surface area contributed by atoms with Crippen molar-refractivity contribution in [3.05, 3.63) is 52.6 Å². The molecule has 4 aliphatic rings. The zero-order chi connectivity index (χ0) is 28.6. The van der Waals surface area contributed by atoms with Crippen LogP contribution in [0.15, 0.2) is 35.9 Å². The molecule has 218 valence electrons. The highest BCUT2D eigenvalue weighted by Gasteiger charge is 2.48. The van der Waals surface area contributed by atoms with Crippen LogP contribution in [-0.2, 0) is 18.9 Å². The molecule has 40 heavy (non-hydrogen) atoms. The molecule has 1 N–H and O–H groups in total. The van der Waals surface area contributed by atoms with E-state index >= 15 is 0 Å². The number of fused-ring (bicyclic) bond motifs is 2. The van der Waals surface area contributed by atoms with Crippen LogP contribution in [0.1, 0.15) is 94.1 Å². The van der Waals surface area contributed by atoms with Crippen LogP contribution in [0, 0.1) is 18.8 Å². The highest BCUT2D eigenvalue weighted by atomic mass is 16.7. The van der Waals surface area contributed by atoms with Crippen LogP contribution in [0.3, 0.4) is 0 Å². The molecule has 0 radical (unpaired) electrons. The van der Waals surface area contributed by atoms with Crippen molar-refractivity contribution in [1.82, 2.24) is 0 Å². The highest BCUT2D eigenvalue weighted by molar-refractivity contribution is 6.00. The van der Waals surface area contributed by atoms with Gasteiger partial charge in [-0.2, -0.15) is 0 Å². The minimum absolute atomic E-state index is 0.00456. The predicted molar refractivity (Wildman–Crippen MR) is 153 cm³/mol. The van der Waals surface area contributed by atoms with Gasteiger partial charge in [-0.25, -0.2) is 4.79 Å². The topological polar surface area (TPSA) is 83.5 Å². The number of aromatic hydroxyl groups is 1. The summed E-state index contributed by atoms with van der Waals surface area (Å²) >= 11 is 0. The van der Waals surface area contributed by atoms with Crippen LogP contribution in [0.25, 0.3) is 5.57 Å². The number of carbonyl (C=O) groups excluding carboxylic acids is 1. The SMILES string of the molecule is CC[C@H]1O[C@]2(CC[C@@H]1C)C[C@@H]1C[C@@H](C/C=C(\C)C[C@@H](C)/C=C/C=C3c4c(cc(C)c(O)c4OC3OC)C(=O)O1)O2. The molecular formula is C33H44O7. The molecule has 1 spiro atoms. The second-order valence-electron chi connectivity index (χ2n) is 12.2. The molecular weight excluding hydrogens is 508 g/mol. The molecule has 0 amide bonds. The molecule has 7 atom stereocenters. The summed E-state index contributed by atoms with van der Waals surface area (Å²) in [5.74, 6) is -0.178. The Morgan fingerprint density at radius 1 is 1.15 bits per heavy atom. The quantitative estimate of drug-likeness (QED) is 0.312. The molecule has 0 aromatic heterocycles. The molecule has 7 nitrogen and oxygen atoms in total. The van der Waals surface area contributed by atoms with Crippen LogP contribution in [0.4, 0.5) is 0 Å². The molecule has 4 heterocycles. The summed E-state index contributed by atoms with van der Waals surface area (Å²) in [5, 5.41) is 10.9. The maximum absolute atomic E-state index is 13.9. The Balaban J connectivity index is 1.56. The van der Waals surface area contributed by atoms with E-state index in [1.165, 1.54) is 5.57 Å². The van der Waals surface area contributed by atoms with E-state index in [-0.39, 0.29) is 29.8 Å².